The van der Waals surface area contributed by atoms with Gasteiger partial charge in [-0.15, -0.1) is 0 Å². The van der Waals surface area contributed by atoms with Gasteiger partial charge in [0.05, 0.1) is 0 Å². The van der Waals surface area contributed by atoms with Crippen LogP contribution in [0.25, 0.3) is 0 Å². The molecule has 18 heavy (non-hydrogen) atoms. The van der Waals surface area contributed by atoms with E-state index >= 15 is 0 Å². The number of hydrogen-bond donors (Lipinski definition) is 1. The van der Waals surface area contributed by atoms with Crippen molar-refractivity contribution in [3.05, 3.63) is 53.3 Å². The van der Waals surface area contributed by atoms with Crippen LogP contribution in [0, 0.1) is 0 Å². The minimum Gasteiger partial charge on any atom is -0.347 e. The molecule has 1 N–H and O–H groups in total. The molecular weight excluding hydrogens is 226 g/mol. The van der Waals surface area contributed by atoms with Crippen molar-refractivity contribution in [2.45, 2.75) is 18.9 Å². The summed E-state index contributed by atoms with van der Waals surface area (Å²) in [5.41, 5.74) is 3.28. The zero-order valence-electron chi connectivity index (χ0n) is 10.3. The second-order valence-electron chi connectivity index (χ2n) is 4.69. The minimum atomic E-state index is -0.0483. The van der Waals surface area contributed by atoms with Crippen LogP contribution in [-0.2, 0) is 19.9 Å². The normalized spacial score (nSPS) is 14.5. The molecule has 0 bridgehead atoms. The summed E-state index contributed by atoms with van der Waals surface area (Å²) in [6.45, 7) is 0. The van der Waals surface area contributed by atoms with Crippen LogP contribution in [0.3, 0.4) is 0 Å². The Balaban J connectivity index is 1.70. The van der Waals surface area contributed by atoms with Crippen molar-refractivity contribution < 1.29 is 4.79 Å². The second kappa shape index (κ2) is 4.29. The first-order valence-corrected chi connectivity index (χ1v) is 6.09. The summed E-state index contributed by atoms with van der Waals surface area (Å²) in [5.74, 6) is -0.0483. The van der Waals surface area contributed by atoms with Crippen LogP contribution in [0.15, 0.2) is 36.5 Å². The van der Waals surface area contributed by atoms with Crippen molar-refractivity contribution in [3.63, 3.8) is 0 Å². The van der Waals surface area contributed by atoms with E-state index < -0.39 is 0 Å². The summed E-state index contributed by atoms with van der Waals surface area (Å²) < 4.78 is 1.59. The number of nitrogens with one attached hydrogen (secondary N) is 1. The zero-order valence-corrected chi connectivity index (χ0v) is 10.3. The number of amides is 1. The smallest absolute Gasteiger partial charge is 0.269 e. The number of fused-ring (bicyclic) bond motifs is 1. The third-order valence-corrected chi connectivity index (χ3v) is 3.44. The lowest BCUT2D eigenvalue weighted by molar-refractivity contribution is 0.0929. The van der Waals surface area contributed by atoms with Crippen LogP contribution in [0.4, 0.5) is 0 Å². The molecular formula is C14H15N3O. The lowest BCUT2D eigenvalue weighted by Crippen LogP contribution is -2.36. The fourth-order valence-corrected chi connectivity index (χ4v) is 2.52. The Hall–Kier alpha value is -2.10. The van der Waals surface area contributed by atoms with E-state index in [1.165, 1.54) is 11.1 Å². The van der Waals surface area contributed by atoms with E-state index in [0.29, 0.717) is 5.69 Å². The van der Waals surface area contributed by atoms with Gasteiger partial charge in [-0.1, -0.05) is 24.3 Å². The highest BCUT2D eigenvalue weighted by Gasteiger charge is 2.23. The average molecular weight is 241 g/mol. The molecule has 0 saturated carbocycles. The van der Waals surface area contributed by atoms with Gasteiger partial charge in [0, 0.05) is 19.3 Å². The number of hydrogen-bond acceptors (Lipinski definition) is 2. The topological polar surface area (TPSA) is 46.9 Å². The summed E-state index contributed by atoms with van der Waals surface area (Å²) in [6, 6.07) is 10.3. The summed E-state index contributed by atoms with van der Waals surface area (Å²) in [5, 5.41) is 7.08. The van der Waals surface area contributed by atoms with Gasteiger partial charge in [0.25, 0.3) is 5.91 Å². The zero-order chi connectivity index (χ0) is 12.5. The van der Waals surface area contributed by atoms with E-state index in [-0.39, 0.29) is 11.9 Å². The van der Waals surface area contributed by atoms with Crippen LogP contribution < -0.4 is 5.32 Å². The largest absolute Gasteiger partial charge is 0.347 e. The standard InChI is InChI=1S/C14H15N3O/c1-17-13(6-7-15-17)14(18)16-12-8-10-4-2-3-5-11(10)9-12/h2-7,12H,8-9H2,1H3,(H,16,18). The van der Waals surface area contributed by atoms with Crippen LogP contribution in [0.1, 0.15) is 21.6 Å². The van der Waals surface area contributed by atoms with Crippen molar-refractivity contribution in [3.8, 4) is 0 Å². The molecule has 0 atom stereocenters. The molecule has 3 rings (SSSR count). The van der Waals surface area contributed by atoms with Crippen LogP contribution in [-0.4, -0.2) is 21.7 Å². The number of nitrogens with zero attached hydrogens (tertiary/aromatic N) is 2. The van der Waals surface area contributed by atoms with Crippen molar-refractivity contribution in [1.82, 2.24) is 15.1 Å². The molecule has 1 amide bonds. The van der Waals surface area contributed by atoms with E-state index in [2.05, 4.69) is 22.5 Å². The predicted molar refractivity (Wildman–Crippen MR) is 68.3 cm³/mol. The molecule has 4 nitrogen and oxygen atoms in total. The van der Waals surface area contributed by atoms with E-state index in [9.17, 15) is 4.79 Å². The summed E-state index contributed by atoms with van der Waals surface area (Å²) in [4.78, 5) is 12.1. The lowest BCUT2D eigenvalue weighted by atomic mass is 10.1. The molecule has 92 valence electrons. The molecule has 4 heteroatoms. The first kappa shape index (κ1) is 11.0. The number of carbonyl (C=O) groups excluding carboxylic acids is 1. The molecule has 0 aliphatic heterocycles. The Labute approximate surface area is 106 Å². The first-order chi connectivity index (χ1) is 8.74. The molecule has 1 aliphatic carbocycles. The fourth-order valence-electron chi connectivity index (χ4n) is 2.52. The fraction of sp³-hybridized carbons (Fsp3) is 0.286. The second-order valence-corrected chi connectivity index (χ2v) is 4.69. The van der Waals surface area contributed by atoms with E-state index in [0.717, 1.165) is 12.8 Å². The molecule has 0 saturated heterocycles. The van der Waals surface area contributed by atoms with Crippen molar-refractivity contribution in [2.24, 2.45) is 7.05 Å². The average Bonchev–Trinajstić information content (AvgIpc) is 2.94. The Morgan fingerprint density at radius 2 is 1.94 bits per heavy atom. The maximum atomic E-state index is 12.1. The van der Waals surface area contributed by atoms with Gasteiger partial charge >= 0.3 is 0 Å². The van der Waals surface area contributed by atoms with Gasteiger partial charge in [0.1, 0.15) is 5.69 Å². The molecule has 0 radical (unpaired) electrons. The molecule has 1 aromatic carbocycles. The Kier molecular flexibility index (Phi) is 2.63. The summed E-state index contributed by atoms with van der Waals surface area (Å²) in [6.07, 6.45) is 3.47. The number of aromatic nitrogens is 2. The SMILES string of the molecule is Cn1nccc1C(=O)NC1Cc2ccccc2C1. The van der Waals surface area contributed by atoms with Gasteiger partial charge in [-0.25, -0.2) is 0 Å². The van der Waals surface area contributed by atoms with Crippen molar-refractivity contribution in [1.29, 1.82) is 0 Å². The number of carbonyl (C=O) groups is 1. The third-order valence-electron chi connectivity index (χ3n) is 3.44. The Bertz CT molecular complexity index is 563. The maximum Gasteiger partial charge on any atom is 0.269 e. The van der Waals surface area contributed by atoms with E-state index in [1.54, 1.807) is 24.0 Å². The van der Waals surface area contributed by atoms with Gasteiger partial charge in [-0.05, 0) is 30.0 Å². The minimum absolute atomic E-state index is 0.0483. The lowest BCUT2D eigenvalue weighted by Gasteiger charge is -2.11. The molecule has 1 aromatic heterocycles. The highest BCUT2D eigenvalue weighted by molar-refractivity contribution is 5.92. The van der Waals surface area contributed by atoms with Gasteiger partial charge < -0.3 is 5.32 Å². The summed E-state index contributed by atoms with van der Waals surface area (Å²) in [7, 11) is 1.78. The maximum absolute atomic E-state index is 12.1. The number of aryl methyl sites for hydroxylation is 1. The van der Waals surface area contributed by atoms with Crippen LogP contribution in [0.2, 0.25) is 0 Å². The molecule has 2 aromatic rings. The van der Waals surface area contributed by atoms with Crippen LogP contribution in [0.5, 0.6) is 0 Å². The number of benzene rings is 1. The first-order valence-electron chi connectivity index (χ1n) is 6.09. The number of rotatable bonds is 2. The highest BCUT2D eigenvalue weighted by atomic mass is 16.2. The molecule has 0 unspecified atom stereocenters. The van der Waals surface area contributed by atoms with Gasteiger partial charge in [0.15, 0.2) is 0 Å². The van der Waals surface area contributed by atoms with Crippen molar-refractivity contribution >= 4 is 5.91 Å². The molecule has 0 spiro atoms. The molecule has 1 heterocycles. The monoisotopic (exact) mass is 241 g/mol. The molecule has 1 aliphatic rings. The van der Waals surface area contributed by atoms with Gasteiger partial charge in [-0.2, -0.15) is 5.10 Å². The highest BCUT2D eigenvalue weighted by Crippen LogP contribution is 2.21. The van der Waals surface area contributed by atoms with E-state index in [4.69, 9.17) is 0 Å². The quantitative estimate of drug-likeness (QED) is 0.862. The van der Waals surface area contributed by atoms with Gasteiger partial charge in [0.2, 0.25) is 0 Å². The van der Waals surface area contributed by atoms with Crippen LogP contribution >= 0.6 is 0 Å². The summed E-state index contributed by atoms with van der Waals surface area (Å²) >= 11 is 0. The third kappa shape index (κ3) is 1.90. The van der Waals surface area contributed by atoms with E-state index in [1.807, 2.05) is 12.1 Å². The predicted octanol–water partition coefficient (Wildman–Crippen LogP) is 1.32. The Morgan fingerprint density at radius 3 is 2.50 bits per heavy atom. The van der Waals surface area contributed by atoms with Crippen molar-refractivity contribution in [2.75, 3.05) is 0 Å². The molecule has 0 fully saturated rings. The van der Waals surface area contributed by atoms with Gasteiger partial charge in [-0.3, -0.25) is 9.48 Å². The Morgan fingerprint density at radius 1 is 1.28 bits per heavy atom.